The molecule has 0 bridgehead atoms. The average Bonchev–Trinajstić information content (AvgIpc) is 4.04. The van der Waals surface area contributed by atoms with Crippen molar-refractivity contribution in [3.8, 4) is 0 Å². The van der Waals surface area contributed by atoms with E-state index in [4.69, 9.17) is 28.4 Å². The van der Waals surface area contributed by atoms with Crippen molar-refractivity contribution in [2.24, 2.45) is 23.7 Å². The summed E-state index contributed by atoms with van der Waals surface area (Å²) in [6, 6.07) is 0. The van der Waals surface area contributed by atoms with Crippen LogP contribution in [0.15, 0.2) is 0 Å². The quantitative estimate of drug-likeness (QED) is 0.0391. The zero-order valence-corrected chi connectivity index (χ0v) is 30.4. The number of hydrogen-bond donors (Lipinski definition) is 0. The second-order valence-electron chi connectivity index (χ2n) is 14.8. The third-order valence-electron chi connectivity index (χ3n) is 10.8. The molecule has 49 heavy (non-hydrogen) atoms. The highest BCUT2D eigenvalue weighted by Gasteiger charge is 2.54. The second-order valence-corrected chi connectivity index (χ2v) is 14.8. The predicted molar refractivity (Wildman–Crippen MR) is 183 cm³/mol. The van der Waals surface area contributed by atoms with Crippen molar-refractivity contribution in [2.45, 2.75) is 173 Å². The third kappa shape index (κ3) is 13.8. The zero-order valence-electron chi connectivity index (χ0n) is 30.4. The molecule has 8 atom stereocenters. The maximum atomic E-state index is 12.9. The molecule has 280 valence electrons. The standard InChI is InChI=1S/C39H64O10/c1-3-5-7-12-16-20-44-36(40)28-24-32-34(48-32)26-30(28)38(42)46-22-18-14-10-9-11-15-19-23-47-39(43)31-27-35-33(49-35)25-29(31)37(41)45-21-17-13-8-6-4-2/h28-35H,3-27H2,1-2H3. The van der Waals surface area contributed by atoms with Crippen LogP contribution < -0.4 is 0 Å². The molecule has 4 rings (SSSR count). The lowest BCUT2D eigenvalue weighted by atomic mass is 9.79. The SMILES string of the molecule is CCCCCCCOC(=O)C1CC2OC2CC1C(=O)OCCCCCCCCCOC(=O)C1CC2OC2CC1C(=O)OCCCCCCC. The van der Waals surface area contributed by atoms with Gasteiger partial charge in [-0.05, 0) is 51.4 Å². The number of carbonyl (C=O) groups is 4. The van der Waals surface area contributed by atoms with E-state index in [1.807, 2.05) is 0 Å². The first-order chi connectivity index (χ1) is 23.9. The van der Waals surface area contributed by atoms with Gasteiger partial charge in [-0.1, -0.05) is 97.3 Å². The van der Waals surface area contributed by atoms with Crippen molar-refractivity contribution in [2.75, 3.05) is 26.4 Å². The van der Waals surface area contributed by atoms with Crippen LogP contribution in [0.3, 0.4) is 0 Å². The van der Waals surface area contributed by atoms with Crippen molar-refractivity contribution < 1.29 is 47.6 Å². The van der Waals surface area contributed by atoms with E-state index in [0.29, 0.717) is 52.1 Å². The molecule has 0 aromatic carbocycles. The Labute approximate surface area is 294 Å². The molecule has 0 N–H and O–H groups in total. The molecule has 0 radical (unpaired) electrons. The number of epoxide rings is 2. The lowest BCUT2D eigenvalue weighted by Gasteiger charge is -2.26. The Morgan fingerprint density at radius 1 is 0.388 bits per heavy atom. The van der Waals surface area contributed by atoms with Crippen LogP contribution in [0, 0.1) is 23.7 Å². The Hall–Kier alpha value is -2.20. The van der Waals surface area contributed by atoms with Gasteiger partial charge in [0.2, 0.25) is 0 Å². The fraction of sp³-hybridized carbons (Fsp3) is 0.897. The number of esters is 4. The van der Waals surface area contributed by atoms with E-state index in [1.54, 1.807) is 0 Å². The molecule has 0 aromatic rings. The van der Waals surface area contributed by atoms with Crippen molar-refractivity contribution in [1.82, 2.24) is 0 Å². The molecular formula is C39H64O10. The van der Waals surface area contributed by atoms with Crippen molar-refractivity contribution in [3.05, 3.63) is 0 Å². The van der Waals surface area contributed by atoms with E-state index in [1.165, 1.54) is 25.7 Å². The minimum atomic E-state index is -0.479. The van der Waals surface area contributed by atoms with E-state index >= 15 is 0 Å². The molecule has 0 spiro atoms. The van der Waals surface area contributed by atoms with Crippen LogP contribution in [-0.4, -0.2) is 74.7 Å². The highest BCUT2D eigenvalue weighted by atomic mass is 16.6. The molecule has 4 fully saturated rings. The second kappa shape index (κ2) is 21.9. The number of rotatable bonds is 26. The zero-order chi connectivity index (χ0) is 34.8. The largest absolute Gasteiger partial charge is 0.465 e. The van der Waals surface area contributed by atoms with Gasteiger partial charge >= 0.3 is 23.9 Å². The smallest absolute Gasteiger partial charge is 0.309 e. The van der Waals surface area contributed by atoms with Gasteiger partial charge in [0.25, 0.3) is 0 Å². The van der Waals surface area contributed by atoms with Crippen LogP contribution in [0.4, 0.5) is 0 Å². The van der Waals surface area contributed by atoms with Gasteiger partial charge in [0.05, 0.1) is 74.5 Å². The fourth-order valence-electron chi connectivity index (χ4n) is 7.51. The Balaban J connectivity index is 1.00. The summed E-state index contributed by atoms with van der Waals surface area (Å²) in [7, 11) is 0. The minimum Gasteiger partial charge on any atom is -0.465 e. The van der Waals surface area contributed by atoms with Crippen LogP contribution in [0.5, 0.6) is 0 Å². The first kappa shape index (κ1) is 39.6. The predicted octanol–water partition coefficient (Wildman–Crippen LogP) is 7.42. The molecule has 4 aliphatic rings. The minimum absolute atomic E-state index is 0.0713. The van der Waals surface area contributed by atoms with Gasteiger partial charge in [0.1, 0.15) is 0 Å². The van der Waals surface area contributed by atoms with Gasteiger partial charge in [-0.2, -0.15) is 0 Å². The normalized spacial score (nSPS) is 28.1. The van der Waals surface area contributed by atoms with Gasteiger partial charge in [0, 0.05) is 0 Å². The Morgan fingerprint density at radius 2 is 0.612 bits per heavy atom. The molecule has 0 aromatic heterocycles. The van der Waals surface area contributed by atoms with Crippen molar-refractivity contribution in [1.29, 1.82) is 0 Å². The number of hydrogen-bond acceptors (Lipinski definition) is 10. The number of unbranched alkanes of at least 4 members (excludes halogenated alkanes) is 14. The summed E-state index contributed by atoms with van der Waals surface area (Å²) in [5, 5.41) is 0. The fourth-order valence-corrected chi connectivity index (χ4v) is 7.51. The summed E-state index contributed by atoms with van der Waals surface area (Å²) < 4.78 is 33.6. The summed E-state index contributed by atoms with van der Waals surface area (Å²) in [6.07, 6.45) is 20.0. The van der Waals surface area contributed by atoms with E-state index in [9.17, 15) is 19.2 Å². The van der Waals surface area contributed by atoms with Crippen molar-refractivity contribution in [3.63, 3.8) is 0 Å². The number of ether oxygens (including phenoxy) is 6. The van der Waals surface area contributed by atoms with Crippen LogP contribution in [0.2, 0.25) is 0 Å². The summed E-state index contributed by atoms with van der Waals surface area (Å²) in [5.41, 5.74) is 0. The lowest BCUT2D eigenvalue weighted by molar-refractivity contribution is -0.162. The summed E-state index contributed by atoms with van der Waals surface area (Å²) in [6.45, 7) is 5.89. The summed E-state index contributed by atoms with van der Waals surface area (Å²) >= 11 is 0. The average molecular weight is 693 g/mol. The first-order valence-electron chi connectivity index (χ1n) is 19.9. The summed E-state index contributed by atoms with van der Waals surface area (Å²) in [4.78, 5) is 51.4. The number of carbonyl (C=O) groups excluding carboxylic acids is 4. The van der Waals surface area contributed by atoms with Crippen molar-refractivity contribution >= 4 is 23.9 Å². The molecule has 2 aliphatic carbocycles. The van der Waals surface area contributed by atoms with Gasteiger partial charge in [-0.25, -0.2) is 0 Å². The molecule has 0 amide bonds. The maximum absolute atomic E-state index is 12.9. The lowest BCUT2D eigenvalue weighted by Crippen LogP contribution is -2.37. The van der Waals surface area contributed by atoms with Crippen LogP contribution in [0.25, 0.3) is 0 Å². The Bertz CT molecular complexity index is 938. The van der Waals surface area contributed by atoms with Crippen LogP contribution in [-0.2, 0) is 47.6 Å². The van der Waals surface area contributed by atoms with E-state index in [2.05, 4.69) is 13.8 Å². The first-order valence-corrected chi connectivity index (χ1v) is 19.9. The Morgan fingerprint density at radius 3 is 0.857 bits per heavy atom. The molecule has 2 saturated carbocycles. The molecule has 2 heterocycles. The molecule has 2 aliphatic heterocycles. The third-order valence-corrected chi connectivity index (χ3v) is 10.8. The van der Waals surface area contributed by atoms with Gasteiger partial charge in [-0.15, -0.1) is 0 Å². The maximum Gasteiger partial charge on any atom is 0.309 e. The van der Waals surface area contributed by atoms with Crippen LogP contribution in [0.1, 0.15) is 149 Å². The van der Waals surface area contributed by atoms with Crippen LogP contribution >= 0.6 is 0 Å². The molecule has 8 unspecified atom stereocenters. The van der Waals surface area contributed by atoms with Gasteiger partial charge < -0.3 is 28.4 Å². The number of fused-ring (bicyclic) bond motifs is 2. The molecule has 10 heteroatoms. The molecule has 10 nitrogen and oxygen atoms in total. The highest BCUT2D eigenvalue weighted by Crippen LogP contribution is 2.45. The van der Waals surface area contributed by atoms with Gasteiger partial charge in [-0.3, -0.25) is 19.2 Å². The van der Waals surface area contributed by atoms with E-state index in [-0.39, 0.29) is 48.3 Å². The molecule has 2 saturated heterocycles. The van der Waals surface area contributed by atoms with E-state index in [0.717, 1.165) is 83.5 Å². The molecular weight excluding hydrogens is 628 g/mol. The monoisotopic (exact) mass is 692 g/mol. The topological polar surface area (TPSA) is 130 Å². The van der Waals surface area contributed by atoms with E-state index < -0.39 is 23.7 Å². The van der Waals surface area contributed by atoms with Gasteiger partial charge in [0.15, 0.2) is 0 Å². The summed E-state index contributed by atoms with van der Waals surface area (Å²) in [5.74, 6) is -3.07. The Kier molecular flexibility index (Phi) is 17.7. The highest BCUT2D eigenvalue weighted by molar-refractivity contribution is 5.83.